The summed E-state index contributed by atoms with van der Waals surface area (Å²) >= 11 is 0. The molecule has 2 heterocycles. The molecule has 1 aliphatic rings. The van der Waals surface area contributed by atoms with E-state index >= 15 is 0 Å². The second kappa shape index (κ2) is 8.81. The van der Waals surface area contributed by atoms with Crippen molar-refractivity contribution in [3.63, 3.8) is 0 Å². The molecule has 0 radical (unpaired) electrons. The first-order chi connectivity index (χ1) is 16.7. The van der Waals surface area contributed by atoms with E-state index in [9.17, 15) is 4.79 Å². The van der Waals surface area contributed by atoms with Gasteiger partial charge in [-0.15, -0.1) is 0 Å². The van der Waals surface area contributed by atoms with Gasteiger partial charge >= 0.3 is 5.97 Å². The summed E-state index contributed by atoms with van der Waals surface area (Å²) in [6.45, 7) is 10.5. The fourth-order valence-electron chi connectivity index (χ4n) is 4.71. The number of carbonyl (C=O) groups is 1. The number of allylic oxidation sites excluding steroid dienone is 1. The highest BCUT2D eigenvalue weighted by atomic mass is 16.5. The number of pyridine rings is 1. The van der Waals surface area contributed by atoms with Crippen LogP contribution < -0.4 is 0 Å². The minimum Gasteiger partial charge on any atom is -0.457 e. The van der Waals surface area contributed by atoms with Crippen LogP contribution in [-0.4, -0.2) is 16.1 Å². The Morgan fingerprint density at radius 3 is 2.49 bits per heavy atom. The van der Waals surface area contributed by atoms with E-state index in [-0.39, 0.29) is 18.0 Å². The van der Waals surface area contributed by atoms with Crippen LogP contribution in [0.3, 0.4) is 0 Å². The number of fused-ring (bicyclic) bond motifs is 2. The highest BCUT2D eigenvalue weighted by Crippen LogP contribution is 2.38. The van der Waals surface area contributed by atoms with Crippen LogP contribution in [0.4, 0.5) is 0 Å². The highest BCUT2D eigenvalue weighted by Gasteiger charge is 2.28. The lowest BCUT2D eigenvalue weighted by molar-refractivity contribution is 0.0472. The zero-order valence-corrected chi connectivity index (χ0v) is 20.9. The maximum absolute atomic E-state index is 13.4. The van der Waals surface area contributed by atoms with E-state index in [0.29, 0.717) is 11.3 Å². The normalized spacial score (nSPS) is 14.5. The van der Waals surface area contributed by atoms with Crippen LogP contribution in [0.2, 0.25) is 0 Å². The van der Waals surface area contributed by atoms with Gasteiger partial charge in [-0.05, 0) is 66.5 Å². The van der Waals surface area contributed by atoms with E-state index < -0.39 is 0 Å². The third-order valence-corrected chi connectivity index (χ3v) is 6.79. The molecule has 0 fully saturated rings. The Morgan fingerprint density at radius 1 is 1.06 bits per heavy atom. The first-order valence-corrected chi connectivity index (χ1v) is 12.0. The van der Waals surface area contributed by atoms with E-state index in [1.165, 1.54) is 5.56 Å². The van der Waals surface area contributed by atoms with E-state index in [1.54, 1.807) is 0 Å². The molecule has 0 saturated carbocycles. The molecule has 5 heteroatoms. The average molecular weight is 467 g/mol. The van der Waals surface area contributed by atoms with Crippen molar-refractivity contribution in [1.29, 1.82) is 0 Å². The molecule has 0 aliphatic heterocycles. The molecule has 4 aromatic rings. The molecule has 0 saturated heterocycles. The van der Waals surface area contributed by atoms with E-state index in [2.05, 4.69) is 56.3 Å². The third-order valence-electron chi connectivity index (χ3n) is 6.79. The van der Waals surface area contributed by atoms with Gasteiger partial charge in [0.25, 0.3) is 0 Å². The predicted molar refractivity (Wildman–Crippen MR) is 138 cm³/mol. The number of benzene rings is 2. The molecule has 5 rings (SSSR count). The molecule has 5 nitrogen and oxygen atoms in total. The maximum Gasteiger partial charge on any atom is 0.339 e. The van der Waals surface area contributed by atoms with Crippen LogP contribution in [0.1, 0.15) is 77.0 Å². The molecule has 1 aliphatic carbocycles. The Kier molecular flexibility index (Phi) is 5.79. The van der Waals surface area contributed by atoms with Crippen molar-refractivity contribution in [2.45, 2.75) is 59.5 Å². The van der Waals surface area contributed by atoms with Gasteiger partial charge in [0.15, 0.2) is 0 Å². The molecule has 178 valence electrons. The minimum atomic E-state index is -0.337. The van der Waals surface area contributed by atoms with Crippen LogP contribution in [0.15, 0.2) is 53.1 Å². The molecular weight excluding hydrogens is 436 g/mol. The topological polar surface area (TPSA) is 65.2 Å². The van der Waals surface area contributed by atoms with Gasteiger partial charge in [-0.3, -0.25) is 0 Å². The molecule has 0 N–H and O–H groups in total. The lowest BCUT2D eigenvalue weighted by atomic mass is 9.86. The van der Waals surface area contributed by atoms with Gasteiger partial charge < -0.3 is 9.26 Å². The number of esters is 1. The number of carbonyl (C=O) groups excluding carboxylic acids is 1. The van der Waals surface area contributed by atoms with E-state index in [4.69, 9.17) is 14.2 Å². The first-order valence-electron chi connectivity index (χ1n) is 12.0. The molecule has 2 aromatic heterocycles. The number of nitrogens with zero attached hydrogens (tertiary/aromatic N) is 2. The zero-order chi connectivity index (χ0) is 24.7. The van der Waals surface area contributed by atoms with E-state index in [1.807, 2.05) is 38.1 Å². The molecular formula is C30H30N2O3. The summed E-state index contributed by atoms with van der Waals surface area (Å²) in [5.41, 5.74) is 8.53. The summed E-state index contributed by atoms with van der Waals surface area (Å²) in [5.74, 6) is 0.332. The second-order valence-corrected chi connectivity index (χ2v) is 10.3. The number of rotatable bonds is 4. The molecule has 0 atom stereocenters. The van der Waals surface area contributed by atoms with Gasteiger partial charge in [0, 0.05) is 5.39 Å². The van der Waals surface area contributed by atoms with Gasteiger partial charge in [0.1, 0.15) is 12.4 Å². The van der Waals surface area contributed by atoms with Crippen molar-refractivity contribution >= 4 is 28.5 Å². The van der Waals surface area contributed by atoms with Gasteiger partial charge in [-0.2, -0.15) is 0 Å². The van der Waals surface area contributed by atoms with Gasteiger partial charge in [-0.1, -0.05) is 68.4 Å². The maximum atomic E-state index is 13.4. The third kappa shape index (κ3) is 4.39. The van der Waals surface area contributed by atoms with Crippen LogP contribution in [0.5, 0.6) is 0 Å². The molecule has 0 bridgehead atoms. The molecule has 0 amide bonds. The molecule has 0 spiro atoms. The number of ether oxygens (including phenoxy) is 1. The fraction of sp³-hybridized carbons (Fsp3) is 0.300. The summed E-state index contributed by atoms with van der Waals surface area (Å²) in [6, 6.07) is 16.5. The summed E-state index contributed by atoms with van der Waals surface area (Å²) < 4.78 is 11.0. The minimum absolute atomic E-state index is 0.116. The zero-order valence-electron chi connectivity index (χ0n) is 20.9. The van der Waals surface area contributed by atoms with Crippen molar-refractivity contribution < 1.29 is 14.1 Å². The van der Waals surface area contributed by atoms with Crippen LogP contribution in [-0.2, 0) is 23.2 Å². The Bertz CT molecular complexity index is 1430. The van der Waals surface area contributed by atoms with Crippen molar-refractivity contribution in [2.75, 3.05) is 0 Å². The van der Waals surface area contributed by atoms with Crippen LogP contribution in [0.25, 0.3) is 22.6 Å². The Hall–Kier alpha value is -3.73. The Balaban J connectivity index is 1.52. The highest BCUT2D eigenvalue weighted by molar-refractivity contribution is 6.07. The largest absolute Gasteiger partial charge is 0.457 e. The van der Waals surface area contributed by atoms with Crippen LogP contribution in [0, 0.1) is 13.8 Å². The summed E-state index contributed by atoms with van der Waals surface area (Å²) in [7, 11) is 0. The summed E-state index contributed by atoms with van der Waals surface area (Å²) in [5, 5.41) is 4.78. The fourth-order valence-corrected chi connectivity index (χ4v) is 4.71. The lowest BCUT2D eigenvalue weighted by Crippen LogP contribution is -2.11. The smallest absolute Gasteiger partial charge is 0.339 e. The standard InChI is InChI=1S/C30H30N2O3/c1-18-25(19(2)35-32-18)17-34-29(33)27-23-8-6-7-9-26(23)31-28-21(12-15-24(27)28)16-20-10-13-22(14-11-20)30(3,4)5/h6-11,13-14,16H,12,15,17H2,1-5H3/b21-16+. The summed E-state index contributed by atoms with van der Waals surface area (Å²) in [6.07, 6.45) is 3.79. The van der Waals surface area contributed by atoms with E-state index in [0.717, 1.165) is 57.4 Å². The van der Waals surface area contributed by atoms with Crippen molar-refractivity contribution in [1.82, 2.24) is 10.1 Å². The quantitative estimate of drug-likeness (QED) is 0.304. The lowest BCUT2D eigenvalue weighted by Gasteiger charge is -2.18. The van der Waals surface area contributed by atoms with Gasteiger partial charge in [-0.25, -0.2) is 9.78 Å². The van der Waals surface area contributed by atoms with Crippen LogP contribution >= 0.6 is 0 Å². The van der Waals surface area contributed by atoms with Crippen molar-refractivity contribution in [2.24, 2.45) is 0 Å². The Morgan fingerprint density at radius 2 is 1.80 bits per heavy atom. The van der Waals surface area contributed by atoms with Crippen molar-refractivity contribution in [3.05, 3.63) is 93.5 Å². The number of para-hydroxylation sites is 1. The van der Waals surface area contributed by atoms with Gasteiger partial charge in [0.2, 0.25) is 0 Å². The van der Waals surface area contributed by atoms with Gasteiger partial charge in [0.05, 0.1) is 28.0 Å². The molecule has 35 heavy (non-hydrogen) atoms. The van der Waals surface area contributed by atoms with Crippen molar-refractivity contribution in [3.8, 4) is 0 Å². The number of aryl methyl sites for hydroxylation is 2. The molecule has 2 aromatic carbocycles. The number of aromatic nitrogens is 2. The molecule has 0 unspecified atom stereocenters. The average Bonchev–Trinajstić information content (AvgIpc) is 3.37. The number of hydrogen-bond acceptors (Lipinski definition) is 5. The SMILES string of the molecule is Cc1noc(C)c1COC(=O)c1c2c(nc3ccccc13)/C(=C/c1ccc(C(C)(C)C)cc1)CC2. The summed E-state index contributed by atoms with van der Waals surface area (Å²) in [4.78, 5) is 18.4. The predicted octanol–water partition coefficient (Wildman–Crippen LogP) is 6.98. The Labute approximate surface area is 205 Å². The second-order valence-electron chi connectivity index (χ2n) is 10.3. The number of hydrogen-bond donors (Lipinski definition) is 0. The first kappa shape index (κ1) is 23.0. The monoisotopic (exact) mass is 466 g/mol.